The zero-order chi connectivity index (χ0) is 57.8. The Morgan fingerprint density at radius 2 is 1.23 bits per heavy atom. The molecule has 1 aliphatic carbocycles. The molecule has 10 rings (SSSR count). The fraction of sp³-hybridized carbons (Fsp3) is 0.312. The van der Waals surface area contributed by atoms with E-state index < -0.39 is 41.9 Å². The Morgan fingerprint density at radius 1 is 0.695 bits per heavy atom. The van der Waals surface area contributed by atoms with Gasteiger partial charge in [0.15, 0.2) is 0 Å². The predicted octanol–water partition coefficient (Wildman–Crippen LogP) is 11.2. The first-order valence-corrected chi connectivity index (χ1v) is 28.8. The summed E-state index contributed by atoms with van der Waals surface area (Å²) in [6, 6.07) is 38.6. The summed E-state index contributed by atoms with van der Waals surface area (Å²) >= 11 is 13.0. The van der Waals surface area contributed by atoms with Crippen LogP contribution in [0.15, 0.2) is 133 Å². The minimum absolute atomic E-state index is 0.00828. The van der Waals surface area contributed by atoms with Crippen molar-refractivity contribution >= 4 is 97.6 Å². The Kier molecular flexibility index (Phi) is 17.2. The van der Waals surface area contributed by atoms with Crippen molar-refractivity contribution in [3.63, 3.8) is 0 Å². The van der Waals surface area contributed by atoms with E-state index in [0.717, 1.165) is 55.1 Å². The van der Waals surface area contributed by atoms with Crippen LogP contribution < -0.4 is 36.2 Å². The van der Waals surface area contributed by atoms with Gasteiger partial charge in [0.2, 0.25) is 23.6 Å². The van der Waals surface area contributed by atoms with E-state index in [1.165, 1.54) is 4.90 Å². The number of aromatic hydroxyl groups is 1. The monoisotopic (exact) mass is 1150 g/mol. The van der Waals surface area contributed by atoms with E-state index in [1.54, 1.807) is 54.0 Å². The highest BCUT2D eigenvalue weighted by Gasteiger charge is 2.40. The number of carbonyl (C=O) groups is 6. The van der Waals surface area contributed by atoms with Crippen molar-refractivity contribution in [2.45, 2.75) is 82.4 Å². The maximum Gasteiger partial charge on any atom is 0.408 e. The Hall–Kier alpha value is -8.34. The zero-order valence-corrected chi connectivity index (χ0v) is 47.1. The van der Waals surface area contributed by atoms with Crippen LogP contribution in [0.5, 0.6) is 11.5 Å². The first-order valence-electron chi connectivity index (χ1n) is 27.7. The van der Waals surface area contributed by atoms with Crippen molar-refractivity contribution in [1.82, 2.24) is 15.5 Å². The summed E-state index contributed by atoms with van der Waals surface area (Å²) in [6.07, 6.45) is -0.357. The summed E-state index contributed by atoms with van der Waals surface area (Å²) in [5.41, 5.74) is 13.7. The van der Waals surface area contributed by atoms with Gasteiger partial charge in [-0.15, -0.1) is 23.2 Å². The molecule has 7 amide bonds. The molecule has 0 saturated heterocycles. The molecule has 7 aromatic rings. The summed E-state index contributed by atoms with van der Waals surface area (Å²) in [7, 11) is 0. The molecule has 0 fully saturated rings. The Labute approximate surface area is 485 Å². The van der Waals surface area contributed by atoms with Gasteiger partial charge in [-0.05, 0) is 87.0 Å². The van der Waals surface area contributed by atoms with E-state index in [1.807, 2.05) is 103 Å². The molecule has 0 aromatic heterocycles. The molecule has 0 radical (unpaired) electrons. The predicted molar refractivity (Wildman–Crippen MR) is 320 cm³/mol. The summed E-state index contributed by atoms with van der Waals surface area (Å²) < 4.78 is 6.54. The summed E-state index contributed by atoms with van der Waals surface area (Å²) in [6.45, 7) is 4.57. The molecule has 2 aliphatic heterocycles. The van der Waals surface area contributed by atoms with E-state index >= 15 is 0 Å². The first kappa shape index (κ1) is 56.9. The van der Waals surface area contributed by atoms with Gasteiger partial charge in [-0.25, -0.2) is 9.59 Å². The van der Waals surface area contributed by atoms with Crippen LogP contribution in [0.3, 0.4) is 0 Å². The van der Waals surface area contributed by atoms with Gasteiger partial charge in [0, 0.05) is 97.1 Å². The standard InChI is InChI=1S/C64H65Cl2N7O9/c1-37(2)60(73(64(80)81)35-50-44-15-5-3-13-42(44)43-14-4-6-16-45(43)50)62(78)70-51(21-12-28-68-63(67)79)61(77)69-41-26-24-38(25-27-41)36-82-55-30-53-59(49-20-10-8-18-47(49)55)40(32-66)34-72(53)57(76)23-11-22-56(75)71-33-39(31-65)58-48-19-9-7-17-46(48)54(74)29-52(58)71/h3-10,13-20,24-27,29-30,37,39-40,50-51,60,74H,11-12,21-23,28,31-36H2,1-2H3,(H,69,77)(H,70,78)(H,80,81)(H3,67,68,79)/t39-,40-,51+,60+/m1/s1. The number of amides is 7. The highest BCUT2D eigenvalue weighted by molar-refractivity contribution is 6.19. The highest BCUT2D eigenvalue weighted by atomic mass is 35.5. The van der Waals surface area contributed by atoms with Gasteiger partial charge in [-0.1, -0.05) is 123 Å². The number of anilines is 3. The number of nitrogens with two attached hydrogens (primary N) is 1. The van der Waals surface area contributed by atoms with Gasteiger partial charge in [-0.3, -0.25) is 24.1 Å². The number of fused-ring (bicyclic) bond motifs is 9. The number of nitrogens with one attached hydrogen (secondary N) is 3. The normalized spacial score (nSPS) is 15.8. The van der Waals surface area contributed by atoms with Crippen LogP contribution >= 0.6 is 23.2 Å². The number of hydrogen-bond acceptors (Lipinski definition) is 8. The molecule has 7 aromatic carbocycles. The van der Waals surface area contributed by atoms with E-state index in [4.69, 9.17) is 33.7 Å². The maximum absolute atomic E-state index is 14.4. The largest absolute Gasteiger partial charge is 0.507 e. The van der Waals surface area contributed by atoms with Gasteiger partial charge in [0.1, 0.15) is 30.2 Å². The number of phenols is 1. The number of alkyl halides is 2. The van der Waals surface area contributed by atoms with E-state index in [9.17, 15) is 39.0 Å². The average molecular weight is 1150 g/mol. The van der Waals surface area contributed by atoms with Crippen LogP contribution in [0.2, 0.25) is 0 Å². The van der Waals surface area contributed by atoms with Crippen molar-refractivity contribution in [2.24, 2.45) is 11.7 Å². The molecule has 0 spiro atoms. The lowest BCUT2D eigenvalue weighted by Gasteiger charge is -2.34. The molecule has 0 saturated carbocycles. The third-order valence-corrected chi connectivity index (χ3v) is 16.8. The maximum atomic E-state index is 14.4. The molecule has 4 atom stereocenters. The van der Waals surface area contributed by atoms with E-state index in [0.29, 0.717) is 53.6 Å². The molecule has 2 heterocycles. The van der Waals surface area contributed by atoms with Crippen molar-refractivity contribution in [1.29, 1.82) is 0 Å². The number of halogens is 2. The van der Waals surface area contributed by atoms with Gasteiger partial charge >= 0.3 is 12.1 Å². The number of ether oxygens (including phenoxy) is 1. The van der Waals surface area contributed by atoms with Crippen LogP contribution in [0.4, 0.5) is 26.7 Å². The molecule has 16 nitrogen and oxygen atoms in total. The number of carbonyl (C=O) groups excluding carboxylic acids is 5. The van der Waals surface area contributed by atoms with Gasteiger partial charge in [-0.2, -0.15) is 0 Å². The number of phenolic OH excluding ortho intramolecular Hbond substituents is 1. The topological polar surface area (TPSA) is 224 Å². The number of carboxylic acid groups (broad SMARTS) is 1. The Morgan fingerprint density at radius 3 is 1.79 bits per heavy atom. The molecule has 18 heteroatoms. The molecule has 3 aliphatic rings. The van der Waals surface area contributed by atoms with Crippen molar-refractivity contribution < 1.29 is 43.7 Å². The minimum Gasteiger partial charge on any atom is -0.507 e. The van der Waals surface area contributed by atoms with Crippen LogP contribution in [-0.2, 0) is 25.8 Å². The third kappa shape index (κ3) is 11.6. The van der Waals surface area contributed by atoms with Crippen LogP contribution in [0, 0.1) is 5.92 Å². The fourth-order valence-electron chi connectivity index (χ4n) is 12.2. The average Bonchev–Trinajstić information content (AvgIpc) is 4.10. The number of primary amides is 1. The van der Waals surface area contributed by atoms with E-state index in [-0.39, 0.29) is 86.6 Å². The second-order valence-corrected chi connectivity index (χ2v) is 22.2. The van der Waals surface area contributed by atoms with Crippen molar-refractivity contribution in [3.05, 3.63) is 161 Å². The molecular formula is C64H65Cl2N7O9. The van der Waals surface area contributed by atoms with Gasteiger partial charge < -0.3 is 46.4 Å². The van der Waals surface area contributed by atoms with Gasteiger partial charge in [0.05, 0.1) is 11.4 Å². The molecule has 424 valence electrons. The smallest absolute Gasteiger partial charge is 0.408 e. The summed E-state index contributed by atoms with van der Waals surface area (Å²) in [5.74, 6) is -1.28. The SMILES string of the molecule is CC(C)[C@@H](C(=O)N[C@@H](CCCNC(N)=O)C(=O)Nc1ccc(COc2cc3c(c4ccccc24)[C@H](CCl)CN3C(=O)CCCC(=O)N2C[C@@H](CCl)c3c2cc(O)c2ccccc32)cc1)N(CC1c2ccccc2-c2ccccc21)C(=O)O. The van der Waals surface area contributed by atoms with Crippen molar-refractivity contribution in [2.75, 3.05) is 53.1 Å². The minimum atomic E-state index is -1.27. The number of rotatable bonds is 21. The Bertz CT molecular complexity index is 3550. The highest BCUT2D eigenvalue weighted by Crippen LogP contribution is 2.48. The quantitative estimate of drug-likeness (QED) is 0.0297. The van der Waals surface area contributed by atoms with Crippen molar-refractivity contribution in [3.8, 4) is 22.6 Å². The van der Waals surface area contributed by atoms with E-state index in [2.05, 4.69) is 16.0 Å². The Balaban J connectivity index is 0.803. The number of urea groups is 1. The third-order valence-electron chi connectivity index (χ3n) is 16.1. The van der Waals surface area contributed by atoms with Crippen LogP contribution in [0.1, 0.15) is 91.5 Å². The molecular weight excluding hydrogens is 1080 g/mol. The lowest BCUT2D eigenvalue weighted by Crippen LogP contribution is -2.56. The first-order chi connectivity index (χ1) is 39.6. The second-order valence-electron chi connectivity index (χ2n) is 21.6. The molecule has 82 heavy (non-hydrogen) atoms. The number of benzene rings is 7. The zero-order valence-electron chi connectivity index (χ0n) is 45.6. The lowest BCUT2D eigenvalue weighted by molar-refractivity contribution is -0.131. The molecule has 7 N–H and O–H groups in total. The second kappa shape index (κ2) is 24.8. The molecule has 0 unspecified atom stereocenters. The lowest BCUT2D eigenvalue weighted by atomic mass is 9.93. The van der Waals surface area contributed by atoms with Crippen LogP contribution in [-0.4, -0.2) is 101 Å². The molecule has 0 bridgehead atoms. The van der Waals surface area contributed by atoms with Gasteiger partial charge in [0.25, 0.3) is 0 Å². The number of nitrogens with zero attached hydrogens (tertiary/aromatic N) is 3. The fourth-order valence-corrected chi connectivity index (χ4v) is 12.7. The summed E-state index contributed by atoms with van der Waals surface area (Å²) in [4.78, 5) is 85.8. The van der Waals surface area contributed by atoms with Crippen LogP contribution in [0.25, 0.3) is 32.7 Å². The number of hydrogen-bond donors (Lipinski definition) is 6. The summed E-state index contributed by atoms with van der Waals surface area (Å²) in [5, 5.41) is 33.2.